The molecule has 5 heteroatoms. The van der Waals surface area contributed by atoms with E-state index in [-0.39, 0.29) is 24.0 Å². The first-order valence-corrected chi connectivity index (χ1v) is 9.62. The van der Waals surface area contributed by atoms with Crippen LogP contribution in [0.25, 0.3) is 0 Å². The smallest absolute Gasteiger partial charge is 0.241 e. The van der Waals surface area contributed by atoms with Crippen LogP contribution in [0.4, 0.5) is 11.4 Å². The Hall–Kier alpha value is -1.59. The molecule has 2 fully saturated rings. The molecule has 1 amide bonds. The van der Waals surface area contributed by atoms with Crippen LogP contribution in [-0.4, -0.2) is 54.2 Å². The fraction of sp³-hybridized carbons (Fsp3) is 0.650. The molecule has 25 heavy (non-hydrogen) atoms. The van der Waals surface area contributed by atoms with E-state index in [4.69, 9.17) is 0 Å². The van der Waals surface area contributed by atoms with Gasteiger partial charge in [0.15, 0.2) is 0 Å². The van der Waals surface area contributed by atoms with Crippen molar-refractivity contribution in [3.05, 3.63) is 24.3 Å². The number of amides is 1. The van der Waals surface area contributed by atoms with Crippen molar-refractivity contribution >= 4 is 17.3 Å². The van der Waals surface area contributed by atoms with E-state index in [1.165, 1.54) is 18.5 Å². The van der Waals surface area contributed by atoms with Crippen molar-refractivity contribution in [2.45, 2.75) is 51.7 Å². The molecular formula is C20H31N3O2. The Labute approximate surface area is 151 Å². The maximum atomic E-state index is 12.6. The third-order valence-electron chi connectivity index (χ3n) is 5.70. The number of aliphatic hydroxyl groups excluding tert-OH is 1. The van der Waals surface area contributed by atoms with Crippen LogP contribution >= 0.6 is 0 Å². The first-order chi connectivity index (χ1) is 12.0. The predicted octanol–water partition coefficient (Wildman–Crippen LogP) is 2.71. The summed E-state index contributed by atoms with van der Waals surface area (Å²) >= 11 is 0. The average molecular weight is 345 g/mol. The van der Waals surface area contributed by atoms with Crippen molar-refractivity contribution < 1.29 is 9.90 Å². The number of benzene rings is 1. The normalized spacial score (nSPS) is 24.1. The van der Waals surface area contributed by atoms with E-state index in [0.29, 0.717) is 0 Å². The first-order valence-electron chi connectivity index (χ1n) is 9.62. The van der Waals surface area contributed by atoms with Gasteiger partial charge in [-0.25, -0.2) is 0 Å². The summed E-state index contributed by atoms with van der Waals surface area (Å²) in [6, 6.07) is 7.99. The molecule has 2 N–H and O–H groups in total. The molecule has 1 aromatic carbocycles. The van der Waals surface area contributed by atoms with Crippen LogP contribution in [0, 0.1) is 5.92 Å². The van der Waals surface area contributed by atoms with Crippen LogP contribution in [0.5, 0.6) is 0 Å². The molecular weight excluding hydrogens is 314 g/mol. The van der Waals surface area contributed by atoms with Crippen LogP contribution in [0.1, 0.15) is 39.5 Å². The summed E-state index contributed by atoms with van der Waals surface area (Å²) in [7, 11) is 0. The van der Waals surface area contributed by atoms with E-state index < -0.39 is 0 Å². The maximum absolute atomic E-state index is 12.6. The zero-order valence-corrected chi connectivity index (χ0v) is 15.4. The highest BCUT2D eigenvalue weighted by Crippen LogP contribution is 2.24. The fourth-order valence-electron chi connectivity index (χ4n) is 3.93. The summed E-state index contributed by atoms with van der Waals surface area (Å²) in [5.74, 6) is 0.295. The molecule has 138 valence electrons. The van der Waals surface area contributed by atoms with Gasteiger partial charge in [0.05, 0.1) is 12.1 Å². The van der Waals surface area contributed by atoms with E-state index in [1.54, 1.807) is 0 Å². The van der Waals surface area contributed by atoms with E-state index in [0.717, 1.165) is 44.7 Å². The zero-order valence-electron chi connectivity index (χ0n) is 15.4. The molecule has 0 spiro atoms. The average Bonchev–Trinajstić information content (AvgIpc) is 3.16. The summed E-state index contributed by atoms with van der Waals surface area (Å²) in [5.41, 5.74) is 2.09. The molecule has 0 aliphatic carbocycles. The van der Waals surface area contributed by atoms with Crippen LogP contribution in [0.2, 0.25) is 0 Å². The van der Waals surface area contributed by atoms with Gasteiger partial charge in [-0.05, 0) is 76.3 Å². The van der Waals surface area contributed by atoms with E-state index in [1.807, 2.05) is 26.0 Å². The van der Waals surface area contributed by atoms with Crippen molar-refractivity contribution in [2.75, 3.05) is 36.4 Å². The number of hydrogen-bond donors (Lipinski definition) is 2. The number of aliphatic hydroxyl groups is 1. The monoisotopic (exact) mass is 345 g/mol. The number of carbonyl (C=O) groups is 1. The summed E-state index contributed by atoms with van der Waals surface area (Å²) < 4.78 is 0. The van der Waals surface area contributed by atoms with Gasteiger partial charge in [-0.3, -0.25) is 9.69 Å². The molecule has 3 rings (SSSR count). The van der Waals surface area contributed by atoms with Gasteiger partial charge in [0.25, 0.3) is 0 Å². The predicted molar refractivity (Wildman–Crippen MR) is 102 cm³/mol. The standard InChI is InChI=1S/C20H31N3O2/c1-15(23-13-5-6-17(14-23)16(2)24)20(25)21-18-7-9-19(10-8-18)22-11-3-4-12-22/h7-10,15-17,24H,3-6,11-14H2,1-2H3,(H,21,25). The second-order valence-corrected chi connectivity index (χ2v) is 7.54. The molecule has 3 atom stereocenters. The van der Waals surface area contributed by atoms with Gasteiger partial charge in [-0.2, -0.15) is 0 Å². The molecule has 3 unspecified atom stereocenters. The van der Waals surface area contributed by atoms with Crippen molar-refractivity contribution in [3.63, 3.8) is 0 Å². The molecule has 2 saturated heterocycles. The lowest BCUT2D eigenvalue weighted by molar-refractivity contribution is -0.121. The minimum atomic E-state index is -0.309. The van der Waals surface area contributed by atoms with Gasteiger partial charge in [0.2, 0.25) is 5.91 Å². The molecule has 0 bridgehead atoms. The van der Waals surface area contributed by atoms with Gasteiger partial charge < -0.3 is 15.3 Å². The van der Waals surface area contributed by atoms with Crippen LogP contribution in [0.3, 0.4) is 0 Å². The van der Waals surface area contributed by atoms with Gasteiger partial charge >= 0.3 is 0 Å². The highest BCUT2D eigenvalue weighted by molar-refractivity contribution is 5.94. The van der Waals surface area contributed by atoms with Gasteiger partial charge in [0.1, 0.15) is 0 Å². The molecule has 1 aromatic rings. The Kier molecular flexibility index (Phi) is 5.97. The Morgan fingerprint density at radius 2 is 1.80 bits per heavy atom. The zero-order chi connectivity index (χ0) is 17.8. The van der Waals surface area contributed by atoms with Gasteiger partial charge in [-0.1, -0.05) is 0 Å². The molecule has 0 saturated carbocycles. The number of hydrogen-bond acceptors (Lipinski definition) is 4. The van der Waals surface area contributed by atoms with Gasteiger partial charge in [0, 0.05) is 31.0 Å². The number of nitrogens with zero attached hydrogens (tertiary/aromatic N) is 2. The third-order valence-corrected chi connectivity index (χ3v) is 5.70. The van der Waals surface area contributed by atoms with Crippen LogP contribution < -0.4 is 10.2 Å². The lowest BCUT2D eigenvalue weighted by atomic mass is 9.92. The molecule has 2 aliphatic rings. The molecule has 2 heterocycles. The minimum absolute atomic E-state index is 0.0279. The summed E-state index contributed by atoms with van der Waals surface area (Å²) in [6.07, 6.45) is 4.30. The topological polar surface area (TPSA) is 55.8 Å². The maximum Gasteiger partial charge on any atom is 0.241 e. The summed E-state index contributed by atoms with van der Waals surface area (Å²) in [6.45, 7) is 7.77. The number of rotatable bonds is 5. The van der Waals surface area contributed by atoms with E-state index >= 15 is 0 Å². The Morgan fingerprint density at radius 3 is 2.44 bits per heavy atom. The quantitative estimate of drug-likeness (QED) is 0.861. The lowest BCUT2D eigenvalue weighted by Gasteiger charge is -2.37. The van der Waals surface area contributed by atoms with Crippen molar-refractivity contribution in [1.29, 1.82) is 0 Å². The molecule has 2 aliphatic heterocycles. The van der Waals surface area contributed by atoms with Crippen molar-refractivity contribution in [3.8, 4) is 0 Å². The third kappa shape index (κ3) is 4.53. The number of piperidine rings is 1. The van der Waals surface area contributed by atoms with E-state index in [2.05, 4.69) is 27.2 Å². The summed E-state index contributed by atoms with van der Waals surface area (Å²) in [4.78, 5) is 17.2. The van der Waals surface area contributed by atoms with Crippen molar-refractivity contribution in [1.82, 2.24) is 4.90 Å². The molecule has 0 aromatic heterocycles. The highest BCUT2D eigenvalue weighted by atomic mass is 16.3. The van der Waals surface area contributed by atoms with E-state index in [9.17, 15) is 9.90 Å². The number of anilines is 2. The Morgan fingerprint density at radius 1 is 1.12 bits per heavy atom. The second kappa shape index (κ2) is 8.19. The second-order valence-electron chi connectivity index (χ2n) is 7.54. The SMILES string of the molecule is CC(O)C1CCCN(C(C)C(=O)Nc2ccc(N3CCCC3)cc2)C1. The Balaban J connectivity index is 1.55. The number of carbonyl (C=O) groups excluding carboxylic acids is 1. The first kappa shape index (κ1) is 18.2. The van der Waals surface area contributed by atoms with Crippen molar-refractivity contribution in [2.24, 2.45) is 5.92 Å². The lowest BCUT2D eigenvalue weighted by Crippen LogP contribution is -2.48. The highest BCUT2D eigenvalue weighted by Gasteiger charge is 2.29. The fourth-order valence-corrected chi connectivity index (χ4v) is 3.93. The van der Waals surface area contributed by atoms with Crippen LogP contribution in [0.15, 0.2) is 24.3 Å². The van der Waals surface area contributed by atoms with Crippen LogP contribution in [-0.2, 0) is 4.79 Å². The Bertz CT molecular complexity index is 567. The molecule has 0 radical (unpaired) electrons. The largest absolute Gasteiger partial charge is 0.393 e. The molecule has 5 nitrogen and oxygen atoms in total. The number of likely N-dealkylation sites (tertiary alicyclic amines) is 1. The van der Waals surface area contributed by atoms with Gasteiger partial charge in [-0.15, -0.1) is 0 Å². The minimum Gasteiger partial charge on any atom is -0.393 e. The summed E-state index contributed by atoms with van der Waals surface area (Å²) in [5, 5.41) is 12.9. The number of nitrogens with one attached hydrogen (secondary N) is 1.